The quantitative estimate of drug-likeness (QED) is 0.566. The Bertz CT molecular complexity index is 519. The monoisotopic (exact) mass is 273 g/mol. The summed E-state index contributed by atoms with van der Waals surface area (Å²) in [7, 11) is 1.56. The summed E-state index contributed by atoms with van der Waals surface area (Å²) in [5.41, 5.74) is -0.460. The van der Waals surface area contributed by atoms with Gasteiger partial charge in [-0.05, 0) is 25.0 Å². The van der Waals surface area contributed by atoms with Gasteiger partial charge in [0.05, 0.1) is 19.8 Å². The number of nitriles is 1. The van der Waals surface area contributed by atoms with Gasteiger partial charge in [-0.1, -0.05) is 24.3 Å². The van der Waals surface area contributed by atoms with Crippen molar-refractivity contribution in [3.05, 3.63) is 42.5 Å². The second kappa shape index (κ2) is 7.34. The van der Waals surface area contributed by atoms with Crippen LogP contribution in [0.4, 0.5) is 0 Å². The van der Waals surface area contributed by atoms with E-state index in [1.807, 2.05) is 18.2 Å². The Morgan fingerprint density at radius 2 is 2.20 bits per heavy atom. The fraction of sp³-hybridized carbons (Fsp3) is 0.375. The van der Waals surface area contributed by atoms with Crippen molar-refractivity contribution >= 4 is 5.97 Å². The zero-order chi connectivity index (χ0) is 15.0. The average molecular weight is 273 g/mol. The van der Waals surface area contributed by atoms with Gasteiger partial charge in [0.15, 0.2) is 5.41 Å². The predicted octanol–water partition coefficient (Wildman–Crippen LogP) is 2.89. The van der Waals surface area contributed by atoms with Crippen molar-refractivity contribution in [2.45, 2.75) is 19.8 Å². The minimum atomic E-state index is -1.26. The maximum atomic E-state index is 12.2. The highest BCUT2D eigenvalue weighted by Gasteiger charge is 2.40. The molecule has 0 heterocycles. The summed E-state index contributed by atoms with van der Waals surface area (Å²) in [4.78, 5) is 12.2. The molecule has 0 radical (unpaired) electrons. The maximum Gasteiger partial charge on any atom is 0.327 e. The molecule has 20 heavy (non-hydrogen) atoms. The molecule has 1 rings (SSSR count). The zero-order valence-electron chi connectivity index (χ0n) is 11.9. The number of carbonyl (C=O) groups excluding carboxylic acids is 1. The fourth-order valence-corrected chi connectivity index (χ4v) is 2.05. The lowest BCUT2D eigenvalue weighted by atomic mass is 9.79. The molecule has 1 atom stereocenters. The first-order chi connectivity index (χ1) is 9.63. The van der Waals surface area contributed by atoms with E-state index in [9.17, 15) is 10.1 Å². The SMILES string of the molecule is C=CCC(C#N)(Cc1ccccc1OC)C(=O)OCC. The van der Waals surface area contributed by atoms with Crippen LogP contribution in [0.3, 0.4) is 0 Å². The molecule has 0 aliphatic heterocycles. The van der Waals surface area contributed by atoms with Gasteiger partial charge >= 0.3 is 5.97 Å². The molecule has 106 valence electrons. The molecule has 0 fully saturated rings. The summed E-state index contributed by atoms with van der Waals surface area (Å²) in [5, 5.41) is 9.49. The van der Waals surface area contributed by atoms with Crippen molar-refractivity contribution in [1.82, 2.24) is 0 Å². The molecule has 0 spiro atoms. The molecule has 0 saturated carbocycles. The normalized spacial score (nSPS) is 12.8. The van der Waals surface area contributed by atoms with Crippen LogP contribution in [0.2, 0.25) is 0 Å². The summed E-state index contributed by atoms with van der Waals surface area (Å²) in [6.45, 7) is 5.59. The summed E-state index contributed by atoms with van der Waals surface area (Å²) < 4.78 is 10.3. The predicted molar refractivity (Wildman–Crippen MR) is 76.2 cm³/mol. The number of allylic oxidation sites excluding steroid dienone is 1. The third-order valence-corrected chi connectivity index (χ3v) is 3.06. The van der Waals surface area contributed by atoms with Crippen LogP contribution >= 0.6 is 0 Å². The van der Waals surface area contributed by atoms with Crippen LogP contribution in [0, 0.1) is 16.7 Å². The molecule has 0 amide bonds. The number of esters is 1. The van der Waals surface area contributed by atoms with Gasteiger partial charge in [-0.3, -0.25) is 4.79 Å². The summed E-state index contributed by atoms with van der Waals surface area (Å²) in [6, 6.07) is 9.43. The largest absolute Gasteiger partial charge is 0.496 e. The Hall–Kier alpha value is -2.28. The first-order valence-electron chi connectivity index (χ1n) is 6.44. The van der Waals surface area contributed by atoms with Crippen LogP contribution in [-0.4, -0.2) is 19.7 Å². The zero-order valence-corrected chi connectivity index (χ0v) is 11.9. The lowest BCUT2D eigenvalue weighted by Crippen LogP contribution is -2.33. The number of hydrogen-bond donors (Lipinski definition) is 0. The Morgan fingerprint density at radius 3 is 2.75 bits per heavy atom. The number of carbonyl (C=O) groups is 1. The first kappa shape index (κ1) is 15.8. The molecular weight excluding hydrogens is 254 g/mol. The van der Waals surface area contributed by atoms with Gasteiger partial charge in [-0.2, -0.15) is 5.26 Å². The highest BCUT2D eigenvalue weighted by atomic mass is 16.5. The first-order valence-corrected chi connectivity index (χ1v) is 6.44. The summed E-state index contributed by atoms with van der Waals surface area (Å²) >= 11 is 0. The molecule has 1 aromatic rings. The molecule has 1 aromatic carbocycles. The van der Waals surface area contributed by atoms with Gasteiger partial charge in [0.25, 0.3) is 0 Å². The van der Waals surface area contributed by atoms with Crippen LogP contribution in [0.15, 0.2) is 36.9 Å². The molecule has 4 heteroatoms. The highest BCUT2D eigenvalue weighted by Crippen LogP contribution is 2.32. The van der Waals surface area contributed by atoms with E-state index in [1.165, 1.54) is 0 Å². The molecule has 0 aliphatic rings. The van der Waals surface area contributed by atoms with Crippen molar-refractivity contribution in [2.24, 2.45) is 5.41 Å². The number of rotatable bonds is 7. The number of benzene rings is 1. The van der Waals surface area contributed by atoms with Crippen LogP contribution in [0.1, 0.15) is 18.9 Å². The van der Waals surface area contributed by atoms with Gasteiger partial charge in [0.2, 0.25) is 0 Å². The molecule has 0 aliphatic carbocycles. The number of para-hydroxylation sites is 1. The third-order valence-electron chi connectivity index (χ3n) is 3.06. The van der Waals surface area contributed by atoms with Crippen molar-refractivity contribution in [3.8, 4) is 11.8 Å². The van der Waals surface area contributed by atoms with Crippen LogP contribution in [0.5, 0.6) is 5.75 Å². The number of methoxy groups -OCH3 is 1. The Kier molecular flexibility index (Phi) is 5.79. The van der Waals surface area contributed by atoms with Gasteiger partial charge in [-0.25, -0.2) is 0 Å². The Morgan fingerprint density at radius 1 is 1.50 bits per heavy atom. The number of nitrogens with zero attached hydrogens (tertiary/aromatic N) is 1. The maximum absolute atomic E-state index is 12.2. The van der Waals surface area contributed by atoms with Crippen molar-refractivity contribution in [3.63, 3.8) is 0 Å². The van der Waals surface area contributed by atoms with Crippen molar-refractivity contribution in [1.29, 1.82) is 5.26 Å². The fourth-order valence-electron chi connectivity index (χ4n) is 2.05. The lowest BCUT2D eigenvalue weighted by molar-refractivity contribution is -0.151. The van der Waals surface area contributed by atoms with Gasteiger partial charge in [0, 0.05) is 6.42 Å². The smallest absolute Gasteiger partial charge is 0.327 e. The van der Waals surface area contributed by atoms with E-state index in [2.05, 4.69) is 12.6 Å². The van der Waals surface area contributed by atoms with E-state index in [0.717, 1.165) is 5.56 Å². The average Bonchev–Trinajstić information content (AvgIpc) is 2.47. The third kappa shape index (κ3) is 3.39. The van der Waals surface area contributed by atoms with Crippen molar-refractivity contribution in [2.75, 3.05) is 13.7 Å². The van der Waals surface area contributed by atoms with E-state index in [-0.39, 0.29) is 19.4 Å². The van der Waals surface area contributed by atoms with E-state index in [4.69, 9.17) is 9.47 Å². The summed E-state index contributed by atoms with van der Waals surface area (Å²) in [5.74, 6) is 0.133. The second-order valence-corrected chi connectivity index (χ2v) is 4.40. The van der Waals surface area contributed by atoms with Gasteiger partial charge in [-0.15, -0.1) is 6.58 Å². The second-order valence-electron chi connectivity index (χ2n) is 4.40. The van der Waals surface area contributed by atoms with E-state index in [1.54, 1.807) is 26.2 Å². The van der Waals surface area contributed by atoms with Crippen LogP contribution in [-0.2, 0) is 16.0 Å². The molecule has 4 nitrogen and oxygen atoms in total. The molecule has 0 N–H and O–H groups in total. The summed E-state index contributed by atoms with van der Waals surface area (Å²) in [6.07, 6.45) is 2.04. The van der Waals surface area contributed by atoms with Gasteiger partial charge in [0.1, 0.15) is 5.75 Å². The minimum absolute atomic E-state index is 0.234. The molecule has 1 unspecified atom stereocenters. The highest BCUT2D eigenvalue weighted by molar-refractivity contribution is 5.81. The van der Waals surface area contributed by atoms with E-state index in [0.29, 0.717) is 5.75 Å². The van der Waals surface area contributed by atoms with E-state index >= 15 is 0 Å². The number of hydrogen-bond acceptors (Lipinski definition) is 4. The van der Waals surface area contributed by atoms with E-state index < -0.39 is 11.4 Å². The molecule has 0 saturated heterocycles. The molecular formula is C16H19NO3. The lowest BCUT2D eigenvalue weighted by Gasteiger charge is -2.23. The minimum Gasteiger partial charge on any atom is -0.496 e. The van der Waals surface area contributed by atoms with Crippen LogP contribution in [0.25, 0.3) is 0 Å². The standard InChI is InChI=1S/C16H19NO3/c1-4-10-16(12-17,15(18)20-5-2)11-13-8-6-7-9-14(13)19-3/h4,6-9H,1,5,10-11H2,2-3H3. The Balaban J connectivity index is 3.15. The number of ether oxygens (including phenoxy) is 2. The van der Waals surface area contributed by atoms with Gasteiger partial charge < -0.3 is 9.47 Å². The Labute approximate surface area is 119 Å². The van der Waals surface area contributed by atoms with Crippen LogP contribution < -0.4 is 4.74 Å². The molecule has 0 bridgehead atoms. The molecule has 0 aromatic heterocycles. The van der Waals surface area contributed by atoms with Crippen molar-refractivity contribution < 1.29 is 14.3 Å². The topological polar surface area (TPSA) is 59.3 Å².